The van der Waals surface area contributed by atoms with Gasteiger partial charge in [-0.25, -0.2) is 9.78 Å². The van der Waals surface area contributed by atoms with Gasteiger partial charge in [0.1, 0.15) is 11.4 Å². The summed E-state index contributed by atoms with van der Waals surface area (Å²) in [4.78, 5) is 19.8. The van der Waals surface area contributed by atoms with Gasteiger partial charge in [-0.05, 0) is 36.7 Å². The SMILES string of the molecule is CCOC(=O)c1cnc(Cl)nc1Nc1ccc2[nH]ncc2c1. The fraction of sp³-hybridized carbons (Fsp3) is 0.143. The molecule has 0 spiro atoms. The lowest BCUT2D eigenvalue weighted by atomic mass is 10.2. The third-order valence-electron chi connectivity index (χ3n) is 2.96. The Bertz CT molecular complexity index is 833. The van der Waals surface area contributed by atoms with E-state index in [9.17, 15) is 4.79 Å². The molecular weight excluding hydrogens is 306 g/mol. The number of anilines is 2. The lowest BCUT2D eigenvalue weighted by molar-refractivity contribution is 0.0526. The molecule has 0 atom stereocenters. The van der Waals surface area contributed by atoms with Gasteiger partial charge in [0.25, 0.3) is 0 Å². The maximum absolute atomic E-state index is 11.9. The van der Waals surface area contributed by atoms with Gasteiger partial charge in [0, 0.05) is 17.3 Å². The highest BCUT2D eigenvalue weighted by Gasteiger charge is 2.16. The minimum atomic E-state index is -0.508. The Kier molecular flexibility index (Phi) is 3.88. The van der Waals surface area contributed by atoms with Crippen LogP contribution in [0.4, 0.5) is 11.5 Å². The van der Waals surface area contributed by atoms with Crippen LogP contribution in [-0.4, -0.2) is 32.7 Å². The summed E-state index contributed by atoms with van der Waals surface area (Å²) in [5.74, 6) is -0.215. The standard InChI is InChI=1S/C14H12ClN5O2/c1-2-22-13(21)10-7-16-14(15)19-12(10)18-9-3-4-11-8(5-9)6-17-20-11/h3-7H,2H2,1H3,(H,17,20)(H,16,18,19). The second kappa shape index (κ2) is 5.98. The first-order chi connectivity index (χ1) is 10.7. The second-order valence-electron chi connectivity index (χ2n) is 4.42. The summed E-state index contributed by atoms with van der Waals surface area (Å²) in [6, 6.07) is 5.59. The van der Waals surface area contributed by atoms with Crippen molar-refractivity contribution in [2.75, 3.05) is 11.9 Å². The van der Waals surface area contributed by atoms with Crippen LogP contribution < -0.4 is 5.32 Å². The molecule has 0 amide bonds. The number of ether oxygens (including phenoxy) is 1. The molecule has 2 N–H and O–H groups in total. The van der Waals surface area contributed by atoms with Crippen molar-refractivity contribution < 1.29 is 9.53 Å². The minimum Gasteiger partial charge on any atom is -0.462 e. The fourth-order valence-electron chi connectivity index (χ4n) is 1.97. The summed E-state index contributed by atoms with van der Waals surface area (Å²) in [5.41, 5.74) is 1.88. The zero-order valence-corrected chi connectivity index (χ0v) is 12.4. The number of rotatable bonds is 4. The van der Waals surface area contributed by atoms with Crippen molar-refractivity contribution in [3.8, 4) is 0 Å². The van der Waals surface area contributed by atoms with Gasteiger partial charge in [0.15, 0.2) is 0 Å². The number of esters is 1. The number of carbonyl (C=O) groups excluding carboxylic acids is 1. The van der Waals surface area contributed by atoms with Crippen LogP contribution >= 0.6 is 11.6 Å². The summed E-state index contributed by atoms with van der Waals surface area (Å²) in [6.07, 6.45) is 3.05. The van der Waals surface area contributed by atoms with Crippen LogP contribution in [-0.2, 0) is 4.74 Å². The van der Waals surface area contributed by atoms with E-state index in [1.807, 2.05) is 18.2 Å². The van der Waals surface area contributed by atoms with Gasteiger partial charge >= 0.3 is 5.97 Å². The van der Waals surface area contributed by atoms with Gasteiger partial charge in [-0.3, -0.25) is 5.10 Å². The Morgan fingerprint density at radius 1 is 1.41 bits per heavy atom. The van der Waals surface area contributed by atoms with Crippen LogP contribution in [0.5, 0.6) is 0 Å². The van der Waals surface area contributed by atoms with Crippen LogP contribution in [0.15, 0.2) is 30.6 Å². The summed E-state index contributed by atoms with van der Waals surface area (Å²) >= 11 is 5.81. The van der Waals surface area contributed by atoms with Crippen LogP contribution in [0.2, 0.25) is 5.28 Å². The Morgan fingerprint density at radius 3 is 3.09 bits per heavy atom. The number of aromatic nitrogens is 4. The second-order valence-corrected chi connectivity index (χ2v) is 4.76. The third kappa shape index (κ3) is 2.84. The predicted molar refractivity (Wildman–Crippen MR) is 82.4 cm³/mol. The molecule has 22 heavy (non-hydrogen) atoms. The molecule has 3 rings (SSSR count). The molecule has 0 saturated carbocycles. The summed E-state index contributed by atoms with van der Waals surface area (Å²) in [6.45, 7) is 2.00. The van der Waals surface area contributed by atoms with E-state index in [0.717, 1.165) is 16.6 Å². The number of hydrogen-bond donors (Lipinski definition) is 2. The van der Waals surface area contributed by atoms with Gasteiger partial charge in [0.2, 0.25) is 5.28 Å². The molecule has 0 aliphatic rings. The van der Waals surface area contributed by atoms with Crippen molar-refractivity contribution >= 4 is 40.0 Å². The van der Waals surface area contributed by atoms with Crippen molar-refractivity contribution in [2.45, 2.75) is 6.92 Å². The summed E-state index contributed by atoms with van der Waals surface area (Å²) in [7, 11) is 0. The van der Waals surface area contributed by atoms with Gasteiger partial charge < -0.3 is 10.1 Å². The molecular formula is C14H12ClN5O2. The van der Waals surface area contributed by atoms with Crippen molar-refractivity contribution in [1.82, 2.24) is 20.2 Å². The fourth-order valence-corrected chi connectivity index (χ4v) is 2.10. The predicted octanol–water partition coefficient (Wildman–Crippen LogP) is 2.93. The highest BCUT2D eigenvalue weighted by Crippen LogP contribution is 2.23. The van der Waals surface area contributed by atoms with Gasteiger partial charge in [-0.1, -0.05) is 0 Å². The van der Waals surface area contributed by atoms with E-state index >= 15 is 0 Å². The normalized spacial score (nSPS) is 10.6. The van der Waals surface area contributed by atoms with E-state index in [4.69, 9.17) is 16.3 Å². The lowest BCUT2D eigenvalue weighted by Crippen LogP contribution is -2.10. The molecule has 0 unspecified atom stereocenters. The summed E-state index contributed by atoms with van der Waals surface area (Å²) < 4.78 is 4.99. The highest BCUT2D eigenvalue weighted by molar-refractivity contribution is 6.28. The smallest absolute Gasteiger partial charge is 0.343 e. The number of nitrogens with one attached hydrogen (secondary N) is 2. The Hall–Kier alpha value is -2.67. The highest BCUT2D eigenvalue weighted by atomic mass is 35.5. The molecule has 0 fully saturated rings. The lowest BCUT2D eigenvalue weighted by Gasteiger charge is -2.10. The average Bonchev–Trinajstić information content (AvgIpc) is 2.95. The first-order valence-electron chi connectivity index (χ1n) is 6.57. The van der Waals surface area contributed by atoms with E-state index in [-0.39, 0.29) is 17.5 Å². The number of H-pyrrole nitrogens is 1. The van der Waals surface area contributed by atoms with Crippen molar-refractivity contribution in [3.63, 3.8) is 0 Å². The zero-order chi connectivity index (χ0) is 15.5. The van der Waals surface area contributed by atoms with Crippen molar-refractivity contribution in [3.05, 3.63) is 41.4 Å². The molecule has 2 heterocycles. The molecule has 8 heteroatoms. The van der Waals surface area contributed by atoms with E-state index in [0.29, 0.717) is 5.82 Å². The van der Waals surface area contributed by atoms with Gasteiger partial charge in [0.05, 0.1) is 18.3 Å². The number of carbonyl (C=O) groups is 1. The molecule has 0 radical (unpaired) electrons. The average molecular weight is 318 g/mol. The maximum atomic E-state index is 11.9. The molecule has 0 aliphatic heterocycles. The first-order valence-corrected chi connectivity index (χ1v) is 6.95. The van der Waals surface area contributed by atoms with Crippen LogP contribution in [0, 0.1) is 0 Å². The van der Waals surface area contributed by atoms with Gasteiger partial charge in [-0.2, -0.15) is 10.1 Å². The third-order valence-corrected chi connectivity index (χ3v) is 3.14. The molecule has 7 nitrogen and oxygen atoms in total. The number of aromatic amines is 1. The Balaban J connectivity index is 1.96. The quantitative estimate of drug-likeness (QED) is 0.567. The van der Waals surface area contributed by atoms with Gasteiger partial charge in [-0.15, -0.1) is 0 Å². The number of fused-ring (bicyclic) bond motifs is 1. The number of hydrogen-bond acceptors (Lipinski definition) is 6. The van der Waals surface area contributed by atoms with E-state index in [1.165, 1.54) is 6.20 Å². The topological polar surface area (TPSA) is 92.8 Å². The first kappa shape index (κ1) is 14.3. The van der Waals surface area contributed by atoms with Crippen molar-refractivity contribution in [1.29, 1.82) is 0 Å². The van der Waals surface area contributed by atoms with Crippen LogP contribution in [0.1, 0.15) is 17.3 Å². The molecule has 0 bridgehead atoms. The molecule has 0 aliphatic carbocycles. The van der Waals surface area contributed by atoms with Crippen LogP contribution in [0.25, 0.3) is 10.9 Å². The number of benzene rings is 1. The maximum Gasteiger partial charge on any atom is 0.343 e. The van der Waals surface area contributed by atoms with Crippen molar-refractivity contribution in [2.24, 2.45) is 0 Å². The Labute approximate surface area is 130 Å². The molecule has 3 aromatic rings. The number of halogens is 1. The molecule has 0 saturated heterocycles. The zero-order valence-electron chi connectivity index (χ0n) is 11.6. The largest absolute Gasteiger partial charge is 0.462 e. The minimum absolute atomic E-state index is 0.0416. The summed E-state index contributed by atoms with van der Waals surface area (Å²) in [5, 5.41) is 10.9. The molecule has 1 aromatic carbocycles. The monoisotopic (exact) mass is 317 g/mol. The van der Waals surface area contributed by atoms with E-state index in [1.54, 1.807) is 13.1 Å². The number of nitrogens with zero attached hydrogens (tertiary/aromatic N) is 3. The molecule has 112 valence electrons. The molecule has 2 aromatic heterocycles. The van der Waals surface area contributed by atoms with E-state index in [2.05, 4.69) is 25.5 Å². The Morgan fingerprint density at radius 2 is 2.27 bits per heavy atom. The van der Waals surface area contributed by atoms with E-state index < -0.39 is 5.97 Å². The van der Waals surface area contributed by atoms with Crippen LogP contribution in [0.3, 0.4) is 0 Å².